The SMILES string of the molecule is c1ccc(-c2ccc(-c3cccnc3-c3ccccn3)cc2)cc1. The number of benzene rings is 2. The van der Waals surface area contributed by atoms with Gasteiger partial charge in [-0.05, 0) is 34.9 Å². The fourth-order valence-corrected chi connectivity index (χ4v) is 2.82. The number of hydrogen-bond donors (Lipinski definition) is 0. The van der Waals surface area contributed by atoms with Crippen LogP contribution in [0, 0.1) is 0 Å². The van der Waals surface area contributed by atoms with Crippen LogP contribution in [-0.4, -0.2) is 9.97 Å². The summed E-state index contributed by atoms with van der Waals surface area (Å²) in [4.78, 5) is 8.98. The maximum absolute atomic E-state index is 4.54. The van der Waals surface area contributed by atoms with Crippen LogP contribution in [0.5, 0.6) is 0 Å². The third-order valence-corrected chi connectivity index (χ3v) is 4.02. The lowest BCUT2D eigenvalue weighted by Gasteiger charge is -2.09. The van der Waals surface area contributed by atoms with Crippen LogP contribution in [0.1, 0.15) is 0 Å². The second kappa shape index (κ2) is 6.47. The average molecular weight is 308 g/mol. The van der Waals surface area contributed by atoms with Gasteiger partial charge >= 0.3 is 0 Å². The Labute approximate surface area is 141 Å². The molecule has 24 heavy (non-hydrogen) atoms. The van der Waals surface area contributed by atoms with Crippen LogP contribution in [0.3, 0.4) is 0 Å². The molecule has 2 heterocycles. The summed E-state index contributed by atoms with van der Waals surface area (Å²) in [6.07, 6.45) is 3.61. The summed E-state index contributed by atoms with van der Waals surface area (Å²) in [5.41, 5.74) is 6.47. The van der Waals surface area contributed by atoms with Gasteiger partial charge in [-0.15, -0.1) is 0 Å². The molecular weight excluding hydrogens is 292 g/mol. The first-order valence-corrected chi connectivity index (χ1v) is 7.94. The molecule has 2 nitrogen and oxygen atoms in total. The third-order valence-electron chi connectivity index (χ3n) is 4.02. The van der Waals surface area contributed by atoms with E-state index < -0.39 is 0 Å². The van der Waals surface area contributed by atoms with Crippen LogP contribution in [0.4, 0.5) is 0 Å². The highest BCUT2D eigenvalue weighted by atomic mass is 14.8. The minimum atomic E-state index is 0.889. The summed E-state index contributed by atoms with van der Waals surface area (Å²) < 4.78 is 0. The highest BCUT2D eigenvalue weighted by molar-refractivity contribution is 5.80. The maximum atomic E-state index is 4.54. The fraction of sp³-hybridized carbons (Fsp3) is 0. The van der Waals surface area contributed by atoms with Crippen molar-refractivity contribution in [1.29, 1.82) is 0 Å². The molecule has 0 saturated heterocycles. The molecule has 0 aliphatic carbocycles. The van der Waals surface area contributed by atoms with E-state index >= 15 is 0 Å². The monoisotopic (exact) mass is 308 g/mol. The lowest BCUT2D eigenvalue weighted by molar-refractivity contribution is 1.25. The van der Waals surface area contributed by atoms with Gasteiger partial charge in [-0.2, -0.15) is 0 Å². The van der Waals surface area contributed by atoms with Crippen molar-refractivity contribution in [3.63, 3.8) is 0 Å². The summed E-state index contributed by atoms with van der Waals surface area (Å²) in [7, 11) is 0. The largest absolute Gasteiger partial charge is 0.255 e. The molecule has 0 aliphatic rings. The Kier molecular flexibility index (Phi) is 3.86. The molecule has 0 saturated carbocycles. The molecule has 2 heteroatoms. The Hall–Kier alpha value is -3.26. The Morgan fingerprint density at radius 3 is 1.88 bits per heavy atom. The van der Waals surface area contributed by atoms with Gasteiger partial charge in [0.1, 0.15) is 0 Å². The van der Waals surface area contributed by atoms with E-state index in [9.17, 15) is 0 Å². The van der Waals surface area contributed by atoms with E-state index in [4.69, 9.17) is 0 Å². The van der Waals surface area contributed by atoms with Crippen molar-refractivity contribution < 1.29 is 0 Å². The minimum Gasteiger partial charge on any atom is -0.255 e. The highest BCUT2D eigenvalue weighted by Crippen LogP contribution is 2.30. The van der Waals surface area contributed by atoms with Crippen molar-refractivity contribution in [1.82, 2.24) is 9.97 Å². The summed E-state index contributed by atoms with van der Waals surface area (Å²) in [5, 5.41) is 0. The first-order valence-electron chi connectivity index (χ1n) is 7.94. The number of nitrogens with zero attached hydrogens (tertiary/aromatic N) is 2. The van der Waals surface area contributed by atoms with Gasteiger partial charge in [-0.1, -0.05) is 66.7 Å². The Bertz CT molecular complexity index is 930. The van der Waals surface area contributed by atoms with Crippen molar-refractivity contribution in [2.45, 2.75) is 0 Å². The molecule has 0 fully saturated rings. The Morgan fingerprint density at radius 2 is 1.12 bits per heavy atom. The number of aromatic nitrogens is 2. The zero-order chi connectivity index (χ0) is 16.2. The van der Waals surface area contributed by atoms with Crippen LogP contribution < -0.4 is 0 Å². The molecule has 0 radical (unpaired) electrons. The number of pyridine rings is 2. The smallest absolute Gasteiger partial charge is 0.0964 e. The minimum absolute atomic E-state index is 0.889. The van der Waals surface area contributed by atoms with Crippen molar-refractivity contribution in [2.24, 2.45) is 0 Å². The van der Waals surface area contributed by atoms with Crippen molar-refractivity contribution in [3.8, 4) is 33.6 Å². The van der Waals surface area contributed by atoms with E-state index in [0.29, 0.717) is 0 Å². The molecule has 0 atom stereocenters. The Morgan fingerprint density at radius 1 is 0.458 bits per heavy atom. The normalized spacial score (nSPS) is 10.5. The average Bonchev–Trinajstić information content (AvgIpc) is 2.69. The molecule has 0 spiro atoms. The van der Waals surface area contributed by atoms with E-state index in [0.717, 1.165) is 22.5 Å². The van der Waals surface area contributed by atoms with Crippen molar-refractivity contribution in [3.05, 3.63) is 97.3 Å². The zero-order valence-corrected chi connectivity index (χ0v) is 13.1. The van der Waals surface area contributed by atoms with Crippen LogP contribution in [0.2, 0.25) is 0 Å². The standard InChI is InChI=1S/C22H16N2/c1-2-7-17(8-3-1)18-11-13-19(14-12-18)20-9-6-16-24-22(20)21-10-4-5-15-23-21/h1-16H. The molecule has 2 aromatic heterocycles. The maximum Gasteiger partial charge on any atom is 0.0964 e. The van der Waals surface area contributed by atoms with Crippen molar-refractivity contribution in [2.75, 3.05) is 0 Å². The molecule has 4 rings (SSSR count). The predicted molar refractivity (Wildman–Crippen MR) is 98.3 cm³/mol. The Balaban J connectivity index is 1.75. The van der Waals surface area contributed by atoms with Gasteiger partial charge in [0.2, 0.25) is 0 Å². The zero-order valence-electron chi connectivity index (χ0n) is 13.1. The summed E-state index contributed by atoms with van der Waals surface area (Å²) in [6.45, 7) is 0. The summed E-state index contributed by atoms with van der Waals surface area (Å²) in [6, 6.07) is 28.9. The summed E-state index contributed by atoms with van der Waals surface area (Å²) >= 11 is 0. The second-order valence-electron chi connectivity index (χ2n) is 5.56. The molecule has 0 aliphatic heterocycles. The van der Waals surface area contributed by atoms with Gasteiger partial charge < -0.3 is 0 Å². The molecule has 2 aromatic carbocycles. The van der Waals surface area contributed by atoms with Gasteiger partial charge in [-0.25, -0.2) is 0 Å². The van der Waals surface area contributed by atoms with E-state index in [2.05, 4.69) is 64.6 Å². The van der Waals surface area contributed by atoms with Crippen LogP contribution >= 0.6 is 0 Å². The topological polar surface area (TPSA) is 25.8 Å². The van der Waals surface area contributed by atoms with Gasteiger partial charge in [-0.3, -0.25) is 9.97 Å². The molecule has 4 aromatic rings. The van der Waals surface area contributed by atoms with Gasteiger partial charge in [0.15, 0.2) is 0 Å². The van der Waals surface area contributed by atoms with Crippen LogP contribution in [0.15, 0.2) is 97.3 Å². The first-order chi connectivity index (χ1) is 11.9. The first kappa shape index (κ1) is 14.3. The molecule has 0 N–H and O–H groups in total. The molecule has 114 valence electrons. The number of rotatable bonds is 3. The van der Waals surface area contributed by atoms with Crippen molar-refractivity contribution >= 4 is 0 Å². The lowest BCUT2D eigenvalue weighted by atomic mass is 9.98. The summed E-state index contributed by atoms with van der Waals surface area (Å²) in [5.74, 6) is 0. The quantitative estimate of drug-likeness (QED) is 0.501. The predicted octanol–water partition coefficient (Wildman–Crippen LogP) is 5.48. The van der Waals surface area contributed by atoms with Gasteiger partial charge in [0.25, 0.3) is 0 Å². The lowest BCUT2D eigenvalue weighted by Crippen LogP contribution is -1.91. The van der Waals surface area contributed by atoms with E-state index in [-0.39, 0.29) is 0 Å². The third kappa shape index (κ3) is 2.82. The molecule has 0 unspecified atom stereocenters. The second-order valence-corrected chi connectivity index (χ2v) is 5.56. The highest BCUT2D eigenvalue weighted by Gasteiger charge is 2.09. The van der Waals surface area contributed by atoms with Gasteiger partial charge in [0, 0.05) is 18.0 Å². The van der Waals surface area contributed by atoms with Gasteiger partial charge in [0.05, 0.1) is 11.4 Å². The molecule has 0 amide bonds. The van der Waals surface area contributed by atoms with E-state index in [1.807, 2.05) is 36.5 Å². The fourth-order valence-electron chi connectivity index (χ4n) is 2.82. The molecular formula is C22H16N2. The number of hydrogen-bond acceptors (Lipinski definition) is 2. The van der Waals surface area contributed by atoms with Crippen LogP contribution in [0.25, 0.3) is 33.6 Å². The van der Waals surface area contributed by atoms with Crippen LogP contribution in [-0.2, 0) is 0 Å². The van der Waals surface area contributed by atoms with E-state index in [1.165, 1.54) is 11.1 Å². The molecule has 0 bridgehead atoms. The van der Waals surface area contributed by atoms with E-state index in [1.54, 1.807) is 6.20 Å².